The highest BCUT2D eigenvalue weighted by atomic mass is 16.6. The van der Waals surface area contributed by atoms with Crippen LogP contribution in [0, 0.1) is 0 Å². The van der Waals surface area contributed by atoms with E-state index in [2.05, 4.69) is 9.97 Å². The number of aromatic nitrogens is 2. The van der Waals surface area contributed by atoms with Gasteiger partial charge in [-0.25, -0.2) is 9.78 Å². The molecule has 6 N–H and O–H groups in total. The lowest BCUT2D eigenvalue weighted by Crippen LogP contribution is -2.58. The lowest BCUT2D eigenvalue weighted by atomic mass is 9.68. The number of ether oxygens (including phenoxy) is 1. The smallest absolute Gasteiger partial charge is 0.434 e. The van der Waals surface area contributed by atoms with Gasteiger partial charge in [0.15, 0.2) is 0 Å². The first-order valence-electron chi connectivity index (χ1n) is 9.64. The van der Waals surface area contributed by atoms with Gasteiger partial charge in [0.1, 0.15) is 23.5 Å². The average molecular weight is 415 g/mol. The average Bonchev–Trinajstić information content (AvgIpc) is 3.30. The summed E-state index contributed by atoms with van der Waals surface area (Å²) in [7, 11) is 0. The van der Waals surface area contributed by atoms with Gasteiger partial charge in [-0.15, -0.1) is 0 Å². The van der Waals surface area contributed by atoms with E-state index in [-0.39, 0.29) is 42.0 Å². The number of carboxylic acids is 1. The number of amides is 1. The van der Waals surface area contributed by atoms with Crippen molar-refractivity contribution in [1.82, 2.24) is 14.9 Å². The third-order valence-electron chi connectivity index (χ3n) is 6.03. The second-order valence-electron chi connectivity index (χ2n) is 8.01. The third-order valence-corrected chi connectivity index (χ3v) is 6.03. The Labute approximate surface area is 170 Å². The first-order chi connectivity index (χ1) is 14.3. The fourth-order valence-corrected chi connectivity index (χ4v) is 4.25. The molecule has 1 saturated carbocycles. The van der Waals surface area contributed by atoms with Crippen molar-refractivity contribution in [2.24, 2.45) is 5.73 Å². The molecule has 30 heavy (non-hydrogen) atoms. The molecule has 0 bridgehead atoms. The van der Waals surface area contributed by atoms with Crippen molar-refractivity contribution < 1.29 is 34.1 Å². The number of benzene rings is 1. The van der Waals surface area contributed by atoms with Crippen LogP contribution in [0.5, 0.6) is 11.5 Å². The number of carbonyl (C=O) groups excluding carboxylic acids is 1. The lowest BCUT2D eigenvalue weighted by molar-refractivity contribution is -0.141. The van der Waals surface area contributed by atoms with Gasteiger partial charge in [-0.1, -0.05) is 18.3 Å². The maximum atomic E-state index is 12.4. The van der Waals surface area contributed by atoms with Crippen molar-refractivity contribution in [3.8, 4) is 11.5 Å². The second kappa shape index (κ2) is 6.46. The van der Waals surface area contributed by atoms with Crippen LogP contribution in [0.25, 0.3) is 0 Å². The van der Waals surface area contributed by atoms with Crippen LogP contribution in [-0.4, -0.2) is 67.8 Å². The molecule has 5 rings (SSSR count). The van der Waals surface area contributed by atoms with Crippen molar-refractivity contribution in [1.29, 1.82) is 0 Å². The summed E-state index contributed by atoms with van der Waals surface area (Å²) in [4.78, 5) is 32.5. The Morgan fingerprint density at radius 2 is 2.13 bits per heavy atom. The van der Waals surface area contributed by atoms with E-state index in [0.29, 0.717) is 17.7 Å². The molecule has 3 aliphatic rings. The number of rotatable bonds is 5. The molecule has 1 amide bonds. The maximum absolute atomic E-state index is 12.4. The van der Waals surface area contributed by atoms with Crippen molar-refractivity contribution in [2.45, 2.75) is 30.3 Å². The summed E-state index contributed by atoms with van der Waals surface area (Å²) in [5.74, 6) is -2.12. The predicted octanol–water partition coefficient (Wildman–Crippen LogP) is -0.429. The molecule has 0 unspecified atom stereocenters. The minimum Gasteiger partial charge on any atom is -0.669 e. The lowest BCUT2D eigenvalue weighted by Gasteiger charge is -2.41. The number of fused-ring (bicyclic) bond motifs is 3. The molecule has 0 radical (unpaired) electrons. The Balaban J connectivity index is 1.31. The fraction of sp³-hybridized carbons (Fsp3) is 0.389. The Morgan fingerprint density at radius 3 is 2.80 bits per heavy atom. The van der Waals surface area contributed by atoms with Crippen LogP contribution in [0.2, 0.25) is 5.82 Å². The van der Waals surface area contributed by atoms with E-state index in [1.165, 1.54) is 17.4 Å². The highest BCUT2D eigenvalue weighted by Crippen LogP contribution is 2.63. The van der Waals surface area contributed by atoms with E-state index in [1.54, 1.807) is 12.1 Å². The van der Waals surface area contributed by atoms with E-state index in [1.807, 2.05) is 0 Å². The van der Waals surface area contributed by atoms with E-state index >= 15 is 0 Å². The summed E-state index contributed by atoms with van der Waals surface area (Å²) in [6.45, 7) is -2.61. The highest BCUT2D eigenvalue weighted by Gasteiger charge is 2.55. The predicted molar refractivity (Wildman–Crippen MR) is 102 cm³/mol. The number of aromatic amines is 1. The second-order valence-corrected chi connectivity index (χ2v) is 8.01. The molecule has 2 aromatic rings. The fourth-order valence-electron chi connectivity index (χ4n) is 4.25. The van der Waals surface area contributed by atoms with Crippen molar-refractivity contribution in [3.63, 3.8) is 0 Å². The number of nitrogens with one attached hydrogen (secondary N) is 1. The number of imidazole rings is 1. The number of likely N-dealkylation sites (tertiary alicyclic amines) is 1. The van der Waals surface area contributed by atoms with E-state index in [0.717, 1.165) is 0 Å². The van der Waals surface area contributed by atoms with E-state index < -0.39 is 30.7 Å². The summed E-state index contributed by atoms with van der Waals surface area (Å²) < 4.78 is 11.1. The van der Waals surface area contributed by atoms with Gasteiger partial charge in [0.05, 0.1) is 37.1 Å². The number of carbonyl (C=O) groups is 2. The molecular formula is C18H20BN4O7-. The molecule has 158 valence electrons. The van der Waals surface area contributed by atoms with Crippen LogP contribution in [0.1, 0.15) is 40.0 Å². The molecule has 3 heterocycles. The van der Waals surface area contributed by atoms with Gasteiger partial charge in [0.2, 0.25) is 5.91 Å². The quantitative estimate of drug-likeness (QED) is 0.407. The van der Waals surface area contributed by atoms with Gasteiger partial charge in [0.25, 0.3) is 0 Å². The van der Waals surface area contributed by atoms with Gasteiger partial charge in [-0.2, -0.15) is 0 Å². The van der Waals surface area contributed by atoms with Crippen LogP contribution in [0.15, 0.2) is 24.7 Å². The zero-order valence-electron chi connectivity index (χ0n) is 15.8. The first kappa shape index (κ1) is 18.9. The number of nitrogens with two attached hydrogens (primary N) is 1. The Bertz CT molecular complexity index is 1020. The summed E-state index contributed by atoms with van der Waals surface area (Å²) in [5, 5.41) is 29.9. The van der Waals surface area contributed by atoms with Crippen LogP contribution in [0.4, 0.5) is 0 Å². The monoisotopic (exact) mass is 415 g/mol. The SMILES string of the molecule is N[C@H](C(=O)N1CC(Oc2ccc3c(c2C(=O)O)O[B-](O)(O)[C@@H]2C[C@H]32)C1)c1cnc[nH]1. The van der Waals surface area contributed by atoms with Gasteiger partial charge in [0, 0.05) is 0 Å². The number of hydrogen-bond acceptors (Lipinski definition) is 8. The number of carboxylic acid groups (broad SMARTS) is 1. The zero-order valence-corrected chi connectivity index (χ0v) is 15.8. The van der Waals surface area contributed by atoms with Crippen molar-refractivity contribution >= 4 is 18.6 Å². The van der Waals surface area contributed by atoms with Gasteiger partial charge in [-0.3, -0.25) is 4.79 Å². The largest absolute Gasteiger partial charge is 0.669 e. The van der Waals surface area contributed by atoms with Crippen molar-refractivity contribution in [2.75, 3.05) is 13.1 Å². The third kappa shape index (κ3) is 2.92. The highest BCUT2D eigenvalue weighted by molar-refractivity contribution is 6.62. The molecular weight excluding hydrogens is 395 g/mol. The van der Waals surface area contributed by atoms with Crippen molar-refractivity contribution in [3.05, 3.63) is 41.5 Å². The Kier molecular flexibility index (Phi) is 4.07. The molecule has 1 aromatic heterocycles. The van der Waals surface area contributed by atoms with Crippen LogP contribution in [-0.2, 0) is 4.79 Å². The van der Waals surface area contributed by atoms with E-state index in [4.69, 9.17) is 15.1 Å². The van der Waals surface area contributed by atoms with Gasteiger partial charge in [-0.05, 0) is 17.5 Å². The minimum atomic E-state index is -3.10. The summed E-state index contributed by atoms with van der Waals surface area (Å²) in [6, 6.07) is 2.38. The number of nitrogens with zero attached hydrogens (tertiary/aromatic N) is 2. The molecule has 2 aliphatic heterocycles. The molecule has 1 saturated heterocycles. The summed E-state index contributed by atoms with van der Waals surface area (Å²) >= 11 is 0. The maximum Gasteiger partial charge on any atom is 0.434 e. The van der Waals surface area contributed by atoms with Gasteiger partial charge < -0.3 is 40.2 Å². The topological polar surface area (TPSA) is 171 Å². The summed E-state index contributed by atoms with van der Waals surface area (Å²) in [5.41, 5.74) is 6.83. The summed E-state index contributed by atoms with van der Waals surface area (Å²) in [6.07, 6.45) is 3.04. The Morgan fingerprint density at radius 1 is 1.37 bits per heavy atom. The first-order valence-corrected chi connectivity index (χ1v) is 9.64. The van der Waals surface area contributed by atoms with Gasteiger partial charge >= 0.3 is 12.7 Å². The molecule has 2 fully saturated rings. The van der Waals surface area contributed by atoms with Crippen LogP contribution < -0.4 is 15.1 Å². The number of hydrogen-bond donors (Lipinski definition) is 5. The minimum absolute atomic E-state index is 0.0573. The standard InChI is InChI=1S/C18H20BN4O7/c20-15(12-4-21-7-22-12)17(24)23-5-8(6-23)29-13-2-1-9-10-3-11(10)19(27,28)30-16(9)14(13)18(25)26/h1-2,4,7-8,10-11,15,27-28H,3,5-6,20H2,(H,21,22)(H,25,26)/q-1/t10-,11-,15+/m1/s1. The molecule has 0 spiro atoms. The molecule has 3 atom stereocenters. The number of aromatic carboxylic acids is 1. The van der Waals surface area contributed by atoms with E-state index in [9.17, 15) is 24.7 Å². The normalized spacial score (nSPS) is 24.7. The molecule has 12 heteroatoms. The zero-order chi connectivity index (χ0) is 21.2. The molecule has 11 nitrogen and oxygen atoms in total. The van der Waals surface area contributed by atoms with Crippen LogP contribution in [0.3, 0.4) is 0 Å². The van der Waals surface area contributed by atoms with Crippen LogP contribution >= 0.6 is 0 Å². The number of H-pyrrole nitrogens is 1. The molecule has 1 aliphatic carbocycles. The Hall–Kier alpha value is -3.09. The molecule has 1 aromatic carbocycles.